The van der Waals surface area contributed by atoms with Gasteiger partial charge < -0.3 is 10.2 Å². The molecule has 2 saturated heterocycles. The minimum atomic E-state index is -0.0445. The Morgan fingerprint density at radius 3 is 2.79 bits per heavy atom. The first kappa shape index (κ1) is 17.3. The summed E-state index contributed by atoms with van der Waals surface area (Å²) in [7, 11) is 1.90. The van der Waals surface area contributed by atoms with E-state index in [2.05, 4.69) is 20.6 Å². The molecule has 7 heteroatoms. The highest BCUT2D eigenvalue weighted by Crippen LogP contribution is 2.30. The van der Waals surface area contributed by atoms with E-state index in [1.807, 2.05) is 49.3 Å². The van der Waals surface area contributed by atoms with Crippen LogP contribution in [0.4, 0.5) is 0 Å². The van der Waals surface area contributed by atoms with Crippen LogP contribution in [-0.2, 0) is 0 Å². The molecule has 0 radical (unpaired) electrons. The standard InChI is InChI=1S/C21H24N6O/c1-13-20(21(28)26(2)17-10-15-6-7-16(11-17)23-15)24-25-27(13)19-5-3-4-14-12-22-9-8-18(14)19/h3-5,8-9,12,15-17,23H,6-7,10-11H2,1-2H3. The van der Waals surface area contributed by atoms with E-state index in [0.717, 1.165) is 35.0 Å². The van der Waals surface area contributed by atoms with Gasteiger partial charge in [0.05, 0.1) is 11.4 Å². The molecule has 3 aromatic rings. The molecule has 2 fully saturated rings. The normalized spacial score (nSPS) is 23.9. The molecular weight excluding hydrogens is 352 g/mol. The van der Waals surface area contributed by atoms with Crippen molar-refractivity contribution in [3.63, 3.8) is 0 Å². The first-order valence-corrected chi connectivity index (χ1v) is 9.90. The van der Waals surface area contributed by atoms with Crippen LogP contribution in [0.5, 0.6) is 0 Å². The van der Waals surface area contributed by atoms with Crippen molar-refractivity contribution < 1.29 is 4.79 Å². The minimum Gasteiger partial charge on any atom is -0.337 e. The van der Waals surface area contributed by atoms with Gasteiger partial charge in [-0.1, -0.05) is 17.3 Å². The zero-order valence-electron chi connectivity index (χ0n) is 16.2. The molecule has 0 saturated carbocycles. The van der Waals surface area contributed by atoms with E-state index >= 15 is 0 Å². The lowest BCUT2D eigenvalue weighted by molar-refractivity contribution is 0.0675. The van der Waals surface area contributed by atoms with E-state index in [4.69, 9.17) is 0 Å². The summed E-state index contributed by atoms with van der Waals surface area (Å²) in [4.78, 5) is 19.2. The van der Waals surface area contributed by atoms with Gasteiger partial charge in [-0.3, -0.25) is 9.78 Å². The third-order valence-corrected chi connectivity index (χ3v) is 6.30. The molecule has 144 valence electrons. The molecule has 2 aliphatic heterocycles. The Labute approximate surface area is 163 Å². The highest BCUT2D eigenvalue weighted by atomic mass is 16.2. The van der Waals surface area contributed by atoms with E-state index in [0.29, 0.717) is 17.8 Å². The third-order valence-electron chi connectivity index (χ3n) is 6.30. The van der Waals surface area contributed by atoms with Gasteiger partial charge in [-0.2, -0.15) is 0 Å². The smallest absolute Gasteiger partial charge is 0.276 e. The average Bonchev–Trinajstić information content (AvgIpc) is 3.27. The van der Waals surface area contributed by atoms with Crippen molar-refractivity contribution >= 4 is 16.7 Å². The second-order valence-corrected chi connectivity index (χ2v) is 7.99. The predicted octanol–water partition coefficient (Wildman–Crippen LogP) is 2.48. The van der Waals surface area contributed by atoms with Gasteiger partial charge in [0.1, 0.15) is 0 Å². The molecule has 0 spiro atoms. The number of piperidine rings is 1. The van der Waals surface area contributed by atoms with Crippen molar-refractivity contribution in [1.82, 2.24) is 30.2 Å². The number of carbonyl (C=O) groups is 1. The van der Waals surface area contributed by atoms with Crippen molar-refractivity contribution in [2.24, 2.45) is 0 Å². The highest BCUT2D eigenvalue weighted by molar-refractivity contribution is 5.94. The summed E-state index contributed by atoms with van der Waals surface area (Å²) in [6, 6.07) is 9.29. The SMILES string of the molecule is Cc1c(C(=O)N(C)C2CC3CCC(C2)N3)nnn1-c1cccc2cnccc12. The maximum atomic E-state index is 13.2. The molecule has 1 aromatic carbocycles. The average molecular weight is 376 g/mol. The van der Waals surface area contributed by atoms with Gasteiger partial charge in [-0.05, 0) is 44.7 Å². The Morgan fingerprint density at radius 2 is 2.00 bits per heavy atom. The fraction of sp³-hybridized carbons (Fsp3) is 0.429. The molecule has 2 unspecified atom stereocenters. The summed E-state index contributed by atoms with van der Waals surface area (Å²) in [6.07, 6.45) is 8.06. The summed E-state index contributed by atoms with van der Waals surface area (Å²) in [5.41, 5.74) is 2.10. The van der Waals surface area contributed by atoms with Gasteiger partial charge in [-0.15, -0.1) is 5.10 Å². The van der Waals surface area contributed by atoms with Crippen LogP contribution < -0.4 is 5.32 Å². The van der Waals surface area contributed by atoms with Crippen LogP contribution in [0.25, 0.3) is 16.5 Å². The van der Waals surface area contributed by atoms with Crippen LogP contribution in [0.3, 0.4) is 0 Å². The number of amides is 1. The molecule has 2 atom stereocenters. The third kappa shape index (κ3) is 2.77. The highest BCUT2D eigenvalue weighted by Gasteiger charge is 2.37. The van der Waals surface area contributed by atoms with Gasteiger partial charge in [-0.25, -0.2) is 4.68 Å². The number of pyridine rings is 1. The Balaban J connectivity index is 1.46. The summed E-state index contributed by atoms with van der Waals surface area (Å²) in [6.45, 7) is 1.91. The zero-order valence-corrected chi connectivity index (χ0v) is 16.2. The maximum Gasteiger partial charge on any atom is 0.276 e. The lowest BCUT2D eigenvalue weighted by Crippen LogP contribution is -2.48. The number of hydrogen-bond acceptors (Lipinski definition) is 5. The number of aromatic nitrogens is 4. The molecule has 4 heterocycles. The van der Waals surface area contributed by atoms with Crippen molar-refractivity contribution in [2.75, 3.05) is 7.05 Å². The van der Waals surface area contributed by atoms with Crippen LogP contribution in [-0.4, -0.2) is 56.0 Å². The number of nitrogens with one attached hydrogen (secondary N) is 1. The number of carbonyl (C=O) groups excluding carboxylic acids is 1. The van der Waals surface area contributed by atoms with E-state index in [9.17, 15) is 4.79 Å². The fourth-order valence-electron chi connectivity index (χ4n) is 4.72. The summed E-state index contributed by atoms with van der Waals surface area (Å²) < 4.78 is 1.76. The monoisotopic (exact) mass is 376 g/mol. The fourth-order valence-corrected chi connectivity index (χ4v) is 4.72. The Hall–Kier alpha value is -2.80. The molecule has 0 aliphatic carbocycles. The van der Waals surface area contributed by atoms with Crippen LogP contribution in [0.2, 0.25) is 0 Å². The van der Waals surface area contributed by atoms with Crippen LogP contribution in [0, 0.1) is 6.92 Å². The van der Waals surface area contributed by atoms with E-state index in [1.165, 1.54) is 12.8 Å². The summed E-state index contributed by atoms with van der Waals surface area (Å²) in [5, 5.41) is 14.3. The number of nitrogens with zero attached hydrogens (tertiary/aromatic N) is 5. The molecule has 2 bridgehead atoms. The molecule has 1 amide bonds. The lowest BCUT2D eigenvalue weighted by atomic mass is 9.98. The molecule has 5 rings (SSSR count). The van der Waals surface area contributed by atoms with Crippen molar-refractivity contribution in [2.45, 2.75) is 50.7 Å². The van der Waals surface area contributed by atoms with E-state index in [-0.39, 0.29) is 11.9 Å². The predicted molar refractivity (Wildman–Crippen MR) is 106 cm³/mol. The zero-order chi connectivity index (χ0) is 19.3. The molecule has 2 aromatic heterocycles. The molecular formula is C21H24N6O. The van der Waals surface area contributed by atoms with Crippen molar-refractivity contribution in [3.8, 4) is 5.69 Å². The maximum absolute atomic E-state index is 13.2. The summed E-state index contributed by atoms with van der Waals surface area (Å²) >= 11 is 0. The first-order valence-electron chi connectivity index (χ1n) is 9.90. The van der Waals surface area contributed by atoms with E-state index < -0.39 is 0 Å². The first-order chi connectivity index (χ1) is 13.6. The summed E-state index contributed by atoms with van der Waals surface area (Å²) in [5.74, 6) is -0.0445. The Morgan fingerprint density at radius 1 is 1.21 bits per heavy atom. The topological polar surface area (TPSA) is 75.9 Å². The lowest BCUT2D eigenvalue weighted by Gasteiger charge is -2.35. The van der Waals surface area contributed by atoms with Gasteiger partial charge in [0.2, 0.25) is 0 Å². The van der Waals surface area contributed by atoms with Crippen LogP contribution in [0.1, 0.15) is 41.9 Å². The van der Waals surface area contributed by atoms with Gasteiger partial charge >= 0.3 is 0 Å². The minimum absolute atomic E-state index is 0.0445. The second-order valence-electron chi connectivity index (χ2n) is 7.99. The van der Waals surface area contributed by atoms with Crippen molar-refractivity contribution in [1.29, 1.82) is 0 Å². The Bertz CT molecular complexity index is 1030. The number of hydrogen-bond donors (Lipinski definition) is 1. The quantitative estimate of drug-likeness (QED) is 0.760. The molecule has 7 nitrogen and oxygen atoms in total. The van der Waals surface area contributed by atoms with Crippen LogP contribution >= 0.6 is 0 Å². The molecule has 1 N–H and O–H groups in total. The largest absolute Gasteiger partial charge is 0.337 e. The van der Waals surface area contributed by atoms with Crippen molar-refractivity contribution in [3.05, 3.63) is 48.0 Å². The number of fused-ring (bicyclic) bond motifs is 3. The number of benzene rings is 1. The van der Waals surface area contributed by atoms with Gasteiger partial charge in [0, 0.05) is 48.3 Å². The van der Waals surface area contributed by atoms with Gasteiger partial charge in [0.15, 0.2) is 5.69 Å². The Kier molecular flexibility index (Phi) is 4.12. The molecule has 28 heavy (non-hydrogen) atoms. The van der Waals surface area contributed by atoms with E-state index in [1.54, 1.807) is 10.9 Å². The van der Waals surface area contributed by atoms with Crippen LogP contribution in [0.15, 0.2) is 36.7 Å². The van der Waals surface area contributed by atoms with Gasteiger partial charge in [0.25, 0.3) is 5.91 Å². The second kappa shape index (κ2) is 6.67. The number of rotatable bonds is 3. The molecule has 2 aliphatic rings.